The number of quaternary nitrogens is 1. The van der Waals surface area contributed by atoms with Crippen LogP contribution in [0.2, 0.25) is 0 Å². The van der Waals surface area contributed by atoms with E-state index in [-0.39, 0.29) is 19.8 Å². The van der Waals surface area contributed by atoms with E-state index in [1.54, 1.807) is 0 Å². The first kappa shape index (κ1) is 31.7. The van der Waals surface area contributed by atoms with Crippen molar-refractivity contribution in [2.24, 2.45) is 0 Å². The van der Waals surface area contributed by atoms with Crippen molar-refractivity contribution in [2.75, 3.05) is 54.1 Å². The summed E-state index contributed by atoms with van der Waals surface area (Å²) in [6.07, 6.45) is 18.5. The van der Waals surface area contributed by atoms with Crippen molar-refractivity contribution in [1.29, 1.82) is 0 Å². The van der Waals surface area contributed by atoms with E-state index < -0.39 is 13.9 Å². The number of nitrogens with zero attached hydrogens (tertiary/aromatic N) is 1. The van der Waals surface area contributed by atoms with Crippen molar-refractivity contribution in [3.63, 3.8) is 0 Å². The zero-order chi connectivity index (χ0) is 24.1. The van der Waals surface area contributed by atoms with E-state index in [0.717, 1.165) is 12.8 Å². The molecule has 0 spiro atoms. The number of likely N-dealkylation sites (N-methyl/N-ethyl adjacent to an activating group) is 1. The van der Waals surface area contributed by atoms with E-state index >= 15 is 0 Å². The number of unbranched alkanes of at least 4 members (excludes halogenated alkanes) is 10. The molecule has 1 unspecified atom stereocenters. The Balaban J connectivity index is 3.46. The van der Waals surface area contributed by atoms with Gasteiger partial charge in [-0.2, -0.15) is 0 Å². The molecular formula is C24H51NO6P+. The van der Waals surface area contributed by atoms with Crippen LogP contribution in [-0.2, 0) is 18.3 Å². The number of ether oxygens (including phenoxy) is 1. The molecule has 7 nitrogen and oxygen atoms in total. The van der Waals surface area contributed by atoms with Gasteiger partial charge in [-0.05, 0) is 32.1 Å². The Morgan fingerprint density at radius 2 is 1.38 bits per heavy atom. The van der Waals surface area contributed by atoms with Crippen LogP contribution in [0.15, 0.2) is 12.2 Å². The first-order valence-corrected chi connectivity index (χ1v) is 14.0. The van der Waals surface area contributed by atoms with Crippen LogP contribution in [-0.4, -0.2) is 74.7 Å². The Kier molecular flexibility index (Phi) is 20.0. The fourth-order valence-electron chi connectivity index (χ4n) is 3.01. The summed E-state index contributed by atoms with van der Waals surface area (Å²) in [5.74, 6) is 0. The summed E-state index contributed by atoms with van der Waals surface area (Å²) in [5, 5.41) is 9.84. The summed E-state index contributed by atoms with van der Waals surface area (Å²) >= 11 is 0. The van der Waals surface area contributed by atoms with Crippen LogP contribution in [0, 0.1) is 0 Å². The van der Waals surface area contributed by atoms with Gasteiger partial charge < -0.3 is 19.2 Å². The molecule has 2 atom stereocenters. The molecule has 0 aliphatic rings. The fourth-order valence-corrected chi connectivity index (χ4v) is 3.76. The van der Waals surface area contributed by atoms with E-state index in [1.807, 2.05) is 21.1 Å². The highest BCUT2D eigenvalue weighted by atomic mass is 31.2. The lowest BCUT2D eigenvalue weighted by atomic mass is 10.1. The minimum Gasteiger partial charge on any atom is -0.388 e. The molecule has 0 bridgehead atoms. The summed E-state index contributed by atoms with van der Waals surface area (Å²) in [5.41, 5.74) is 0. The van der Waals surface area contributed by atoms with Gasteiger partial charge in [0.25, 0.3) is 0 Å². The van der Waals surface area contributed by atoms with Crippen LogP contribution < -0.4 is 0 Å². The summed E-state index contributed by atoms with van der Waals surface area (Å²) in [6.45, 7) is 3.31. The summed E-state index contributed by atoms with van der Waals surface area (Å²) in [6, 6.07) is 0. The standard InChI is InChI=1S/C24H50NO6P/c1-5-6-7-8-9-10-11-12-13-14-15-16-17-18-20-29-22-24(26)23-31-32(27,28)30-21-19-25(2,3)4/h10-11,24,26H,5-9,12-23H2,1-4H3/p+1/b11-10-/t24-/m1/s1. The van der Waals surface area contributed by atoms with Crippen LogP contribution in [0.25, 0.3) is 0 Å². The van der Waals surface area contributed by atoms with E-state index in [4.69, 9.17) is 13.8 Å². The Hall–Kier alpha value is -0.270. The smallest absolute Gasteiger partial charge is 0.388 e. The third-order valence-corrected chi connectivity index (χ3v) is 6.04. The van der Waals surface area contributed by atoms with Crippen molar-refractivity contribution in [2.45, 2.75) is 90.1 Å². The maximum absolute atomic E-state index is 11.8. The molecule has 0 rings (SSSR count). The Labute approximate surface area is 197 Å². The molecule has 192 valence electrons. The van der Waals surface area contributed by atoms with Gasteiger partial charge in [0.2, 0.25) is 0 Å². The van der Waals surface area contributed by atoms with Crippen LogP contribution >= 0.6 is 7.82 Å². The van der Waals surface area contributed by atoms with Crippen molar-refractivity contribution in [1.82, 2.24) is 0 Å². The normalized spacial score (nSPS) is 15.3. The molecule has 0 aromatic carbocycles. The quantitative estimate of drug-likeness (QED) is 0.0874. The van der Waals surface area contributed by atoms with Crippen LogP contribution in [0.5, 0.6) is 0 Å². The highest BCUT2D eigenvalue weighted by molar-refractivity contribution is 7.47. The second-order valence-corrected chi connectivity index (χ2v) is 11.0. The molecule has 2 N–H and O–H groups in total. The van der Waals surface area contributed by atoms with Crippen LogP contribution in [0.4, 0.5) is 0 Å². The van der Waals surface area contributed by atoms with E-state index in [9.17, 15) is 14.6 Å². The number of allylic oxidation sites excluding steroid dienone is 2. The number of phosphoric ester groups is 1. The fraction of sp³-hybridized carbons (Fsp3) is 0.917. The number of rotatable bonds is 23. The number of aliphatic hydroxyl groups excluding tert-OH is 1. The Morgan fingerprint density at radius 3 is 1.97 bits per heavy atom. The predicted molar refractivity (Wildman–Crippen MR) is 132 cm³/mol. The first-order valence-electron chi connectivity index (χ1n) is 12.5. The Morgan fingerprint density at radius 1 is 0.812 bits per heavy atom. The monoisotopic (exact) mass is 480 g/mol. The average molecular weight is 481 g/mol. The maximum Gasteiger partial charge on any atom is 0.472 e. The highest BCUT2D eigenvalue weighted by Crippen LogP contribution is 2.43. The van der Waals surface area contributed by atoms with Crippen molar-refractivity contribution < 1.29 is 32.8 Å². The number of hydrogen-bond acceptors (Lipinski definition) is 5. The first-order chi connectivity index (χ1) is 15.2. The lowest BCUT2D eigenvalue weighted by molar-refractivity contribution is -0.870. The minimum absolute atomic E-state index is 0.0870. The van der Waals surface area contributed by atoms with Crippen LogP contribution in [0.1, 0.15) is 84.0 Å². The number of aliphatic hydroxyl groups is 1. The van der Waals surface area contributed by atoms with Crippen LogP contribution in [0.3, 0.4) is 0 Å². The third kappa shape index (κ3) is 24.4. The zero-order valence-corrected chi connectivity index (χ0v) is 22.1. The van der Waals surface area contributed by atoms with E-state index in [0.29, 0.717) is 17.6 Å². The molecule has 0 radical (unpaired) electrons. The van der Waals surface area contributed by atoms with Gasteiger partial charge in [0.05, 0.1) is 34.4 Å². The molecule has 32 heavy (non-hydrogen) atoms. The molecule has 0 saturated heterocycles. The molecule has 0 heterocycles. The largest absolute Gasteiger partial charge is 0.472 e. The lowest BCUT2D eigenvalue weighted by Gasteiger charge is -2.24. The predicted octanol–water partition coefficient (Wildman–Crippen LogP) is 5.46. The van der Waals surface area contributed by atoms with E-state index in [2.05, 4.69) is 19.1 Å². The molecule has 0 fully saturated rings. The zero-order valence-electron chi connectivity index (χ0n) is 21.2. The van der Waals surface area contributed by atoms with Crippen molar-refractivity contribution in [3.05, 3.63) is 12.2 Å². The van der Waals surface area contributed by atoms with Gasteiger partial charge in [-0.3, -0.25) is 9.05 Å². The number of phosphoric acid groups is 1. The van der Waals surface area contributed by atoms with Gasteiger partial charge in [-0.15, -0.1) is 0 Å². The molecule has 0 aromatic rings. The summed E-state index contributed by atoms with van der Waals surface area (Å²) in [4.78, 5) is 9.62. The molecular weight excluding hydrogens is 429 g/mol. The highest BCUT2D eigenvalue weighted by Gasteiger charge is 2.24. The number of hydrogen-bond donors (Lipinski definition) is 2. The van der Waals surface area contributed by atoms with Gasteiger partial charge in [0.1, 0.15) is 19.3 Å². The lowest BCUT2D eigenvalue weighted by Crippen LogP contribution is -2.37. The Bertz CT molecular complexity index is 495. The van der Waals surface area contributed by atoms with Gasteiger partial charge in [0, 0.05) is 6.61 Å². The molecule has 0 amide bonds. The van der Waals surface area contributed by atoms with Gasteiger partial charge >= 0.3 is 7.82 Å². The molecule has 0 aromatic heterocycles. The van der Waals surface area contributed by atoms with Crippen molar-refractivity contribution >= 4 is 7.82 Å². The van der Waals surface area contributed by atoms with Crippen molar-refractivity contribution in [3.8, 4) is 0 Å². The SMILES string of the molecule is CCCCCC/C=C\CCCCCCCCOC[C@@H](O)COP(=O)(O)OCC[N+](C)(C)C. The summed E-state index contributed by atoms with van der Waals surface area (Å²) in [7, 11) is 1.75. The molecule has 8 heteroatoms. The maximum atomic E-state index is 11.8. The topological polar surface area (TPSA) is 85.2 Å². The van der Waals surface area contributed by atoms with Gasteiger partial charge in [-0.25, -0.2) is 4.57 Å². The molecule has 0 aliphatic carbocycles. The average Bonchev–Trinajstić information content (AvgIpc) is 2.71. The summed E-state index contributed by atoms with van der Waals surface area (Å²) < 4.78 is 27.6. The van der Waals surface area contributed by atoms with E-state index in [1.165, 1.54) is 64.2 Å². The second kappa shape index (κ2) is 20.1. The second-order valence-electron chi connectivity index (χ2n) is 9.57. The minimum atomic E-state index is -4.14. The third-order valence-electron chi connectivity index (χ3n) is 5.06. The molecule has 0 aliphatic heterocycles. The molecule has 0 saturated carbocycles. The van der Waals surface area contributed by atoms with Gasteiger partial charge in [0.15, 0.2) is 0 Å². The van der Waals surface area contributed by atoms with Gasteiger partial charge in [-0.1, -0.05) is 64.0 Å².